The maximum Gasteiger partial charge on any atom is 1.00 e. The second-order valence-corrected chi connectivity index (χ2v) is 3.61. The standard InChI is InChI=1S/C8H8O4S.Na/c1-5-2-6-7(12-4-11-6)3-8(5)13(9)10;/h2-3H,4H2,1H3,(H,9,10);/q;+1/p-1. The molecule has 1 unspecified atom stereocenters. The van der Waals surface area contributed by atoms with Crippen molar-refractivity contribution < 1.29 is 47.8 Å². The Morgan fingerprint density at radius 3 is 2.50 bits per heavy atom. The van der Waals surface area contributed by atoms with E-state index >= 15 is 0 Å². The van der Waals surface area contributed by atoms with Crippen molar-refractivity contribution in [3.63, 3.8) is 0 Å². The molecule has 0 aromatic heterocycles. The zero-order valence-corrected chi connectivity index (χ0v) is 10.7. The quantitative estimate of drug-likeness (QED) is 0.406. The van der Waals surface area contributed by atoms with Gasteiger partial charge in [0.25, 0.3) is 0 Å². The molecule has 1 aromatic rings. The molecule has 0 bridgehead atoms. The summed E-state index contributed by atoms with van der Waals surface area (Å²) < 4.78 is 31.6. The molecule has 1 aliphatic heterocycles. The van der Waals surface area contributed by atoms with E-state index in [-0.39, 0.29) is 41.2 Å². The smallest absolute Gasteiger partial charge is 0.768 e. The molecule has 1 aliphatic rings. The number of hydrogen-bond acceptors (Lipinski definition) is 4. The molecule has 0 radical (unpaired) electrons. The van der Waals surface area contributed by atoms with Gasteiger partial charge in [-0.25, -0.2) is 0 Å². The Kier molecular flexibility index (Phi) is 3.97. The number of rotatable bonds is 1. The molecule has 6 heteroatoms. The number of aryl methyl sites for hydroxylation is 1. The normalized spacial score (nSPS) is 14.7. The van der Waals surface area contributed by atoms with Gasteiger partial charge in [-0.3, -0.25) is 4.21 Å². The molecule has 14 heavy (non-hydrogen) atoms. The molecule has 1 aromatic carbocycles. The second-order valence-electron chi connectivity index (χ2n) is 2.71. The number of benzene rings is 1. The maximum atomic E-state index is 10.7. The predicted molar refractivity (Wildman–Crippen MR) is 44.5 cm³/mol. The Morgan fingerprint density at radius 1 is 1.36 bits per heavy atom. The van der Waals surface area contributed by atoms with Gasteiger partial charge in [0.2, 0.25) is 6.79 Å². The van der Waals surface area contributed by atoms with Crippen molar-refractivity contribution in [1.82, 2.24) is 0 Å². The summed E-state index contributed by atoms with van der Waals surface area (Å²) in [6.07, 6.45) is 0. The van der Waals surface area contributed by atoms with E-state index in [2.05, 4.69) is 0 Å². The number of ether oxygens (including phenoxy) is 2. The fourth-order valence-corrected chi connectivity index (χ4v) is 1.73. The molecular weight excluding hydrogens is 215 g/mol. The molecule has 4 nitrogen and oxygen atoms in total. The molecule has 0 N–H and O–H groups in total. The summed E-state index contributed by atoms with van der Waals surface area (Å²) in [5.41, 5.74) is 0.664. The third kappa shape index (κ3) is 2.12. The van der Waals surface area contributed by atoms with Crippen LogP contribution >= 0.6 is 0 Å². The van der Waals surface area contributed by atoms with E-state index in [4.69, 9.17) is 9.47 Å². The predicted octanol–water partition coefficient (Wildman–Crippen LogP) is -2.03. The van der Waals surface area contributed by atoms with Gasteiger partial charge in [-0.15, -0.1) is 0 Å². The van der Waals surface area contributed by atoms with Crippen LogP contribution in [0.3, 0.4) is 0 Å². The number of fused-ring (bicyclic) bond motifs is 1. The van der Waals surface area contributed by atoms with Gasteiger partial charge in [0.1, 0.15) is 0 Å². The van der Waals surface area contributed by atoms with Gasteiger partial charge in [0.15, 0.2) is 11.5 Å². The molecule has 0 aliphatic carbocycles. The third-order valence-electron chi connectivity index (χ3n) is 1.85. The summed E-state index contributed by atoms with van der Waals surface area (Å²) in [6.45, 7) is 1.87. The van der Waals surface area contributed by atoms with Crippen LogP contribution in [0.25, 0.3) is 0 Å². The molecule has 0 saturated carbocycles. The first-order valence-electron chi connectivity index (χ1n) is 3.68. The molecule has 70 valence electrons. The Morgan fingerprint density at radius 2 is 1.93 bits per heavy atom. The maximum absolute atomic E-state index is 10.7. The van der Waals surface area contributed by atoms with E-state index in [0.29, 0.717) is 17.1 Å². The Labute approximate surface area is 106 Å². The largest absolute Gasteiger partial charge is 1.00 e. The minimum atomic E-state index is -2.22. The first kappa shape index (κ1) is 12.0. The van der Waals surface area contributed by atoms with Crippen LogP contribution in [0.2, 0.25) is 0 Å². The average molecular weight is 222 g/mol. The van der Waals surface area contributed by atoms with Gasteiger partial charge in [0, 0.05) is 4.90 Å². The fraction of sp³-hybridized carbons (Fsp3) is 0.250. The minimum Gasteiger partial charge on any atom is -0.768 e. The second kappa shape index (κ2) is 4.63. The molecule has 0 fully saturated rings. The molecule has 0 saturated heterocycles. The van der Waals surface area contributed by atoms with Gasteiger partial charge in [-0.1, -0.05) is 0 Å². The topological polar surface area (TPSA) is 58.6 Å². The van der Waals surface area contributed by atoms with Gasteiger partial charge in [-0.2, -0.15) is 0 Å². The molecule has 2 rings (SSSR count). The van der Waals surface area contributed by atoms with E-state index in [0.717, 1.165) is 0 Å². The van der Waals surface area contributed by atoms with Crippen LogP contribution < -0.4 is 39.0 Å². The van der Waals surface area contributed by atoms with Crippen LogP contribution in [0.5, 0.6) is 11.5 Å². The first-order chi connectivity index (χ1) is 6.18. The summed E-state index contributed by atoms with van der Waals surface area (Å²) in [5, 5.41) is 0. The molecule has 1 atom stereocenters. The molecule has 0 spiro atoms. The number of hydrogen-bond donors (Lipinski definition) is 0. The van der Waals surface area contributed by atoms with Crippen molar-refractivity contribution in [2.45, 2.75) is 11.8 Å². The summed E-state index contributed by atoms with van der Waals surface area (Å²) in [7, 11) is 0. The monoisotopic (exact) mass is 222 g/mol. The first-order valence-corrected chi connectivity index (χ1v) is 4.75. The Hall–Kier alpha value is -0.0700. The van der Waals surface area contributed by atoms with E-state index in [1.165, 1.54) is 6.07 Å². The Balaban J connectivity index is 0.000000980. The summed E-state index contributed by atoms with van der Waals surface area (Å²) in [6, 6.07) is 3.13. The zero-order chi connectivity index (χ0) is 9.42. The Bertz CT molecular complexity index is 380. The van der Waals surface area contributed by atoms with Gasteiger partial charge in [0.05, 0.1) is 0 Å². The third-order valence-corrected chi connectivity index (χ3v) is 2.65. The van der Waals surface area contributed by atoms with E-state index < -0.39 is 11.1 Å². The van der Waals surface area contributed by atoms with Crippen molar-refractivity contribution in [2.24, 2.45) is 0 Å². The minimum absolute atomic E-state index is 0. The summed E-state index contributed by atoms with van der Waals surface area (Å²) in [5.74, 6) is 1.09. The van der Waals surface area contributed by atoms with E-state index in [1.54, 1.807) is 13.0 Å². The van der Waals surface area contributed by atoms with Gasteiger partial charge < -0.3 is 14.0 Å². The molecule has 0 amide bonds. The van der Waals surface area contributed by atoms with E-state index in [9.17, 15) is 8.76 Å². The summed E-state index contributed by atoms with van der Waals surface area (Å²) in [4.78, 5) is 0.254. The van der Waals surface area contributed by atoms with Crippen molar-refractivity contribution >= 4 is 11.1 Å². The molecule has 1 heterocycles. The molecular formula is C8H7NaO4S. The van der Waals surface area contributed by atoms with Gasteiger partial charge >= 0.3 is 29.6 Å². The fourth-order valence-electron chi connectivity index (χ4n) is 1.20. The van der Waals surface area contributed by atoms with E-state index in [1.807, 2.05) is 0 Å². The van der Waals surface area contributed by atoms with Crippen LogP contribution in [0.4, 0.5) is 0 Å². The van der Waals surface area contributed by atoms with Crippen molar-refractivity contribution in [3.8, 4) is 11.5 Å². The van der Waals surface area contributed by atoms with Crippen LogP contribution in [0.1, 0.15) is 5.56 Å². The van der Waals surface area contributed by atoms with Crippen molar-refractivity contribution in [2.75, 3.05) is 6.79 Å². The van der Waals surface area contributed by atoms with Crippen molar-refractivity contribution in [1.29, 1.82) is 0 Å². The van der Waals surface area contributed by atoms with Crippen LogP contribution in [-0.2, 0) is 11.1 Å². The van der Waals surface area contributed by atoms with Crippen molar-refractivity contribution in [3.05, 3.63) is 17.7 Å². The van der Waals surface area contributed by atoms with Crippen LogP contribution in [-0.4, -0.2) is 15.6 Å². The van der Waals surface area contributed by atoms with Crippen LogP contribution in [0.15, 0.2) is 17.0 Å². The SMILES string of the molecule is Cc1cc2c(cc1S(=O)[O-])OCO2.[Na+]. The van der Waals surface area contributed by atoms with Gasteiger partial charge in [-0.05, 0) is 35.7 Å². The zero-order valence-electron chi connectivity index (χ0n) is 7.90. The summed E-state index contributed by atoms with van der Waals surface area (Å²) >= 11 is -2.22. The van der Waals surface area contributed by atoms with Crippen LogP contribution in [0, 0.1) is 6.92 Å². The average Bonchev–Trinajstić information content (AvgIpc) is 2.48.